The molecule has 0 saturated heterocycles. The van der Waals surface area contributed by atoms with Crippen molar-refractivity contribution < 1.29 is 14.7 Å². The number of rotatable bonds is 2. The van der Waals surface area contributed by atoms with Crippen LogP contribution in [-0.2, 0) is 4.79 Å². The van der Waals surface area contributed by atoms with Gasteiger partial charge in [0.1, 0.15) is 6.61 Å². The predicted molar refractivity (Wildman–Crippen MR) is 54.1 cm³/mol. The molecule has 0 aliphatic rings. The number of halogens is 1. The van der Waals surface area contributed by atoms with Crippen molar-refractivity contribution in [2.75, 3.05) is 6.61 Å². The average molecular weight is 229 g/mol. The van der Waals surface area contributed by atoms with E-state index in [0.29, 0.717) is 10.6 Å². The van der Waals surface area contributed by atoms with Crippen molar-refractivity contribution in [3.05, 3.63) is 34.9 Å². The van der Waals surface area contributed by atoms with Gasteiger partial charge >= 0.3 is 0 Å². The summed E-state index contributed by atoms with van der Waals surface area (Å²) in [6, 6.07) is 6.15. The van der Waals surface area contributed by atoms with Crippen LogP contribution in [-0.4, -0.2) is 23.5 Å². The highest BCUT2D eigenvalue weighted by atomic mass is 35.5. The summed E-state index contributed by atoms with van der Waals surface area (Å²) >= 11 is 5.63. The van der Waals surface area contributed by atoms with E-state index in [-0.39, 0.29) is 0 Å². The van der Waals surface area contributed by atoms with Gasteiger partial charge in [0.25, 0.3) is 11.8 Å². The Balaban J connectivity index is 2.54. The maximum Gasteiger partial charge on any atom is 0.269 e. The van der Waals surface area contributed by atoms with E-state index < -0.39 is 18.4 Å². The van der Waals surface area contributed by atoms with Gasteiger partial charge in [0.05, 0.1) is 0 Å². The summed E-state index contributed by atoms with van der Waals surface area (Å²) in [7, 11) is 0. The average Bonchev–Trinajstić information content (AvgIpc) is 2.26. The number of hydrazine groups is 1. The van der Waals surface area contributed by atoms with E-state index in [4.69, 9.17) is 16.7 Å². The summed E-state index contributed by atoms with van der Waals surface area (Å²) in [6.45, 7) is -0.680. The molecule has 1 aromatic rings. The summed E-state index contributed by atoms with van der Waals surface area (Å²) in [6.07, 6.45) is 0. The van der Waals surface area contributed by atoms with Crippen molar-refractivity contribution in [1.29, 1.82) is 0 Å². The molecule has 0 aliphatic carbocycles. The summed E-state index contributed by atoms with van der Waals surface area (Å²) < 4.78 is 0. The van der Waals surface area contributed by atoms with Crippen LogP contribution in [0.4, 0.5) is 0 Å². The van der Waals surface area contributed by atoms with E-state index in [1.807, 2.05) is 5.43 Å². The highest BCUT2D eigenvalue weighted by Crippen LogP contribution is 2.08. The van der Waals surface area contributed by atoms with Crippen molar-refractivity contribution >= 4 is 23.4 Å². The fourth-order valence-corrected chi connectivity index (χ4v) is 0.965. The van der Waals surface area contributed by atoms with E-state index >= 15 is 0 Å². The number of carbonyl (C=O) groups excluding carboxylic acids is 2. The SMILES string of the molecule is O=C(CO)NNC(=O)c1ccc(Cl)cc1. The highest BCUT2D eigenvalue weighted by Gasteiger charge is 2.05. The minimum absolute atomic E-state index is 0.359. The first-order valence-electron chi connectivity index (χ1n) is 4.09. The lowest BCUT2D eigenvalue weighted by molar-refractivity contribution is -0.124. The Bertz CT molecular complexity index is 364. The molecule has 0 aliphatic heterocycles. The van der Waals surface area contributed by atoms with Crippen molar-refractivity contribution in [2.24, 2.45) is 0 Å². The number of benzene rings is 1. The van der Waals surface area contributed by atoms with E-state index in [9.17, 15) is 9.59 Å². The van der Waals surface area contributed by atoms with Gasteiger partial charge in [-0.1, -0.05) is 11.6 Å². The first kappa shape index (κ1) is 11.5. The van der Waals surface area contributed by atoms with Gasteiger partial charge in [-0.25, -0.2) is 0 Å². The largest absolute Gasteiger partial charge is 0.386 e. The van der Waals surface area contributed by atoms with Gasteiger partial charge in [0.2, 0.25) is 0 Å². The van der Waals surface area contributed by atoms with Crippen LogP contribution in [0.3, 0.4) is 0 Å². The lowest BCUT2D eigenvalue weighted by Crippen LogP contribution is -2.42. The zero-order valence-electron chi connectivity index (χ0n) is 7.66. The van der Waals surface area contributed by atoms with Gasteiger partial charge in [-0.3, -0.25) is 20.4 Å². The lowest BCUT2D eigenvalue weighted by atomic mass is 10.2. The topological polar surface area (TPSA) is 78.4 Å². The molecule has 0 fully saturated rings. The molecule has 5 nitrogen and oxygen atoms in total. The molecule has 0 unspecified atom stereocenters. The number of nitrogens with one attached hydrogen (secondary N) is 2. The fraction of sp³-hybridized carbons (Fsp3) is 0.111. The van der Waals surface area contributed by atoms with Crippen LogP contribution in [0.15, 0.2) is 24.3 Å². The van der Waals surface area contributed by atoms with Crippen LogP contribution in [0.1, 0.15) is 10.4 Å². The van der Waals surface area contributed by atoms with E-state index in [1.165, 1.54) is 12.1 Å². The quantitative estimate of drug-likeness (QED) is 0.628. The van der Waals surface area contributed by atoms with Gasteiger partial charge < -0.3 is 5.11 Å². The Morgan fingerprint density at radius 2 is 1.80 bits per heavy atom. The molecule has 0 aromatic heterocycles. The van der Waals surface area contributed by atoms with Crippen molar-refractivity contribution in [3.8, 4) is 0 Å². The van der Waals surface area contributed by atoms with Crippen LogP contribution in [0.25, 0.3) is 0 Å². The zero-order valence-corrected chi connectivity index (χ0v) is 8.41. The summed E-state index contributed by atoms with van der Waals surface area (Å²) in [5.74, 6) is -1.16. The van der Waals surface area contributed by atoms with Gasteiger partial charge in [-0.05, 0) is 24.3 Å². The number of hydrogen-bond donors (Lipinski definition) is 3. The Morgan fingerprint density at radius 3 is 2.33 bits per heavy atom. The molecule has 0 radical (unpaired) electrons. The Morgan fingerprint density at radius 1 is 1.20 bits per heavy atom. The second-order valence-corrected chi connectivity index (χ2v) is 3.10. The molecule has 0 spiro atoms. The maximum absolute atomic E-state index is 11.3. The molecule has 2 amide bonds. The number of aliphatic hydroxyl groups is 1. The van der Waals surface area contributed by atoms with E-state index in [2.05, 4.69) is 5.43 Å². The molecular formula is C9H9ClN2O3. The van der Waals surface area contributed by atoms with Crippen LogP contribution in [0.5, 0.6) is 0 Å². The number of carbonyl (C=O) groups is 2. The molecule has 6 heteroatoms. The van der Waals surface area contributed by atoms with E-state index in [1.54, 1.807) is 12.1 Å². The Labute approximate surface area is 91.0 Å². The van der Waals surface area contributed by atoms with Gasteiger partial charge in [0, 0.05) is 10.6 Å². The zero-order chi connectivity index (χ0) is 11.3. The minimum Gasteiger partial charge on any atom is -0.386 e. The van der Waals surface area contributed by atoms with Gasteiger partial charge in [-0.15, -0.1) is 0 Å². The second-order valence-electron chi connectivity index (χ2n) is 2.67. The lowest BCUT2D eigenvalue weighted by Gasteiger charge is -2.05. The third-order valence-electron chi connectivity index (χ3n) is 1.57. The third kappa shape index (κ3) is 3.57. The number of amides is 2. The van der Waals surface area contributed by atoms with Gasteiger partial charge in [-0.2, -0.15) is 0 Å². The molecule has 80 valence electrons. The molecular weight excluding hydrogens is 220 g/mol. The standard InChI is InChI=1S/C9H9ClN2O3/c10-7-3-1-6(2-4-7)9(15)12-11-8(14)5-13/h1-4,13H,5H2,(H,11,14)(H,12,15). The minimum atomic E-state index is -0.683. The van der Waals surface area contributed by atoms with Crippen LogP contribution in [0, 0.1) is 0 Å². The van der Waals surface area contributed by atoms with E-state index in [0.717, 1.165) is 0 Å². The fourth-order valence-electron chi connectivity index (χ4n) is 0.839. The van der Waals surface area contributed by atoms with Crippen LogP contribution in [0.2, 0.25) is 5.02 Å². The molecule has 1 aromatic carbocycles. The number of aliphatic hydroxyl groups excluding tert-OH is 1. The first-order chi connectivity index (χ1) is 7.13. The molecule has 0 bridgehead atoms. The summed E-state index contributed by atoms with van der Waals surface area (Å²) in [4.78, 5) is 21.9. The molecule has 0 heterocycles. The normalized spacial score (nSPS) is 9.47. The highest BCUT2D eigenvalue weighted by molar-refractivity contribution is 6.30. The van der Waals surface area contributed by atoms with Gasteiger partial charge in [0.15, 0.2) is 0 Å². The van der Waals surface area contributed by atoms with Crippen molar-refractivity contribution in [3.63, 3.8) is 0 Å². The second kappa shape index (κ2) is 5.33. The monoisotopic (exact) mass is 228 g/mol. The van der Waals surface area contributed by atoms with Crippen LogP contribution >= 0.6 is 11.6 Å². The van der Waals surface area contributed by atoms with Crippen molar-refractivity contribution in [1.82, 2.24) is 10.9 Å². The predicted octanol–water partition coefficient (Wildman–Crippen LogP) is 0.0933. The molecule has 15 heavy (non-hydrogen) atoms. The molecule has 0 atom stereocenters. The molecule has 1 rings (SSSR count). The van der Waals surface area contributed by atoms with Crippen molar-refractivity contribution in [2.45, 2.75) is 0 Å². The summed E-state index contributed by atoms with van der Waals surface area (Å²) in [5.41, 5.74) is 4.51. The Hall–Kier alpha value is -1.59. The molecule has 3 N–H and O–H groups in total. The van der Waals surface area contributed by atoms with Crippen LogP contribution < -0.4 is 10.9 Å². The Kier molecular flexibility index (Phi) is 4.08. The first-order valence-corrected chi connectivity index (χ1v) is 4.47. The third-order valence-corrected chi connectivity index (χ3v) is 1.82. The number of hydrogen-bond acceptors (Lipinski definition) is 3. The molecule has 0 saturated carbocycles. The smallest absolute Gasteiger partial charge is 0.269 e. The maximum atomic E-state index is 11.3. The summed E-state index contributed by atoms with van der Waals surface area (Å²) in [5, 5.41) is 8.89.